The molecule has 0 radical (unpaired) electrons. The van der Waals surface area contributed by atoms with Crippen molar-refractivity contribution in [1.82, 2.24) is 4.98 Å². The maximum atomic E-state index is 4.53. The third kappa shape index (κ3) is 2.71. The molecule has 0 aliphatic carbocycles. The molecular formula is C14H15NSi. The summed E-state index contributed by atoms with van der Waals surface area (Å²) in [6.45, 7) is 6.71. The number of hydrogen-bond donors (Lipinski definition) is 0. The van der Waals surface area contributed by atoms with Gasteiger partial charge in [0.2, 0.25) is 0 Å². The number of nitrogens with zero attached hydrogens (tertiary/aromatic N) is 1. The maximum absolute atomic E-state index is 4.53. The Morgan fingerprint density at radius 3 is 2.50 bits per heavy atom. The summed E-state index contributed by atoms with van der Waals surface area (Å²) in [5, 5.41) is 1.17. The lowest BCUT2D eigenvalue weighted by Gasteiger charge is -2.03. The van der Waals surface area contributed by atoms with E-state index < -0.39 is 8.07 Å². The van der Waals surface area contributed by atoms with Crippen LogP contribution in [0, 0.1) is 11.5 Å². The number of benzene rings is 1. The Balaban J connectivity index is 2.43. The topological polar surface area (TPSA) is 12.9 Å². The fraction of sp³-hybridized carbons (Fsp3) is 0.214. The van der Waals surface area contributed by atoms with Crippen molar-refractivity contribution in [2.75, 3.05) is 0 Å². The fourth-order valence-electron chi connectivity index (χ4n) is 1.39. The molecule has 0 fully saturated rings. The van der Waals surface area contributed by atoms with Gasteiger partial charge < -0.3 is 0 Å². The van der Waals surface area contributed by atoms with Gasteiger partial charge in [0, 0.05) is 5.39 Å². The summed E-state index contributed by atoms with van der Waals surface area (Å²) in [5.41, 5.74) is 5.22. The van der Waals surface area contributed by atoms with Gasteiger partial charge in [-0.15, -0.1) is 5.54 Å². The first-order valence-corrected chi connectivity index (χ1v) is 8.94. The van der Waals surface area contributed by atoms with Crippen LogP contribution in [-0.4, -0.2) is 13.1 Å². The normalized spacial score (nSPS) is 10.9. The van der Waals surface area contributed by atoms with E-state index in [2.05, 4.69) is 48.2 Å². The average molecular weight is 225 g/mol. The van der Waals surface area contributed by atoms with Gasteiger partial charge in [-0.3, -0.25) is 0 Å². The Bertz CT molecular complexity index is 570. The van der Waals surface area contributed by atoms with E-state index in [9.17, 15) is 0 Å². The lowest BCUT2D eigenvalue weighted by atomic mass is 10.2. The number of hydrogen-bond acceptors (Lipinski definition) is 1. The van der Waals surface area contributed by atoms with Crippen LogP contribution in [0.3, 0.4) is 0 Å². The van der Waals surface area contributed by atoms with Crippen molar-refractivity contribution >= 4 is 19.0 Å². The first-order valence-electron chi connectivity index (χ1n) is 5.44. The van der Waals surface area contributed by atoms with E-state index in [0.29, 0.717) is 0 Å². The molecule has 1 heterocycles. The predicted octanol–water partition coefficient (Wildman–Crippen LogP) is 3.46. The summed E-state index contributed by atoms with van der Waals surface area (Å²) >= 11 is 0. The fourth-order valence-corrected chi connectivity index (χ4v) is 1.89. The molecule has 2 rings (SSSR count). The second-order valence-corrected chi connectivity index (χ2v) is 9.64. The molecule has 1 aromatic carbocycles. The van der Waals surface area contributed by atoms with Crippen molar-refractivity contribution in [3.05, 3.63) is 42.1 Å². The van der Waals surface area contributed by atoms with Crippen molar-refractivity contribution < 1.29 is 0 Å². The highest BCUT2D eigenvalue weighted by Gasteiger charge is 2.07. The first-order chi connectivity index (χ1) is 7.54. The van der Waals surface area contributed by atoms with Gasteiger partial charge in [-0.25, -0.2) is 4.98 Å². The molecule has 0 atom stereocenters. The molecule has 0 saturated carbocycles. The zero-order chi connectivity index (χ0) is 11.6. The van der Waals surface area contributed by atoms with Gasteiger partial charge in [0.25, 0.3) is 0 Å². The van der Waals surface area contributed by atoms with Crippen molar-refractivity contribution in [3.63, 3.8) is 0 Å². The highest BCUT2D eigenvalue weighted by Crippen LogP contribution is 2.11. The largest absolute Gasteiger partial charge is 0.239 e. The Morgan fingerprint density at radius 2 is 1.75 bits per heavy atom. The quantitative estimate of drug-likeness (QED) is 0.494. The lowest BCUT2D eigenvalue weighted by molar-refractivity contribution is 1.36. The molecule has 1 aromatic heterocycles. The molecule has 0 spiro atoms. The van der Waals surface area contributed by atoms with Gasteiger partial charge in [0.1, 0.15) is 13.8 Å². The Morgan fingerprint density at radius 1 is 1.00 bits per heavy atom. The van der Waals surface area contributed by atoms with E-state index in [4.69, 9.17) is 0 Å². The minimum Gasteiger partial charge on any atom is -0.239 e. The SMILES string of the molecule is C[Si](C)(C)C#Cc1ccc2ccccc2n1. The summed E-state index contributed by atoms with van der Waals surface area (Å²) in [5.74, 6) is 3.18. The molecule has 0 N–H and O–H groups in total. The smallest absolute Gasteiger partial charge is 0.129 e. The summed E-state index contributed by atoms with van der Waals surface area (Å²) in [6.07, 6.45) is 0. The molecule has 0 amide bonds. The maximum Gasteiger partial charge on any atom is 0.129 e. The average Bonchev–Trinajstić information content (AvgIpc) is 2.25. The Hall–Kier alpha value is -1.59. The zero-order valence-electron chi connectivity index (χ0n) is 9.91. The van der Waals surface area contributed by atoms with E-state index >= 15 is 0 Å². The number of rotatable bonds is 0. The standard InChI is InChI=1S/C14H15NSi/c1-16(2,3)11-10-13-9-8-12-6-4-5-7-14(12)15-13/h4-9H,1-3H3. The summed E-state index contributed by atoms with van der Waals surface area (Å²) in [6, 6.07) is 12.2. The van der Waals surface area contributed by atoms with Gasteiger partial charge >= 0.3 is 0 Å². The number of pyridine rings is 1. The number of aromatic nitrogens is 1. The third-order valence-electron chi connectivity index (χ3n) is 2.16. The predicted molar refractivity (Wildman–Crippen MR) is 72.0 cm³/mol. The third-order valence-corrected chi connectivity index (χ3v) is 3.04. The monoisotopic (exact) mass is 225 g/mol. The molecule has 2 aromatic rings. The summed E-state index contributed by atoms with van der Waals surface area (Å²) < 4.78 is 0. The van der Waals surface area contributed by atoms with Gasteiger partial charge in [0.15, 0.2) is 0 Å². The Labute approximate surface area is 97.5 Å². The molecule has 2 heteroatoms. The van der Waals surface area contributed by atoms with Crippen molar-refractivity contribution in [2.45, 2.75) is 19.6 Å². The van der Waals surface area contributed by atoms with Crippen LogP contribution in [0.5, 0.6) is 0 Å². The van der Waals surface area contributed by atoms with Crippen molar-refractivity contribution in [1.29, 1.82) is 0 Å². The van der Waals surface area contributed by atoms with Crippen LogP contribution in [0.1, 0.15) is 5.69 Å². The van der Waals surface area contributed by atoms with E-state index in [0.717, 1.165) is 11.2 Å². The molecule has 16 heavy (non-hydrogen) atoms. The van der Waals surface area contributed by atoms with Crippen LogP contribution < -0.4 is 0 Å². The second-order valence-electron chi connectivity index (χ2n) is 4.89. The van der Waals surface area contributed by atoms with Crippen molar-refractivity contribution in [2.24, 2.45) is 0 Å². The van der Waals surface area contributed by atoms with E-state index in [-0.39, 0.29) is 0 Å². The molecule has 0 saturated heterocycles. The van der Waals surface area contributed by atoms with E-state index in [1.54, 1.807) is 0 Å². The first kappa shape index (κ1) is 10.9. The van der Waals surface area contributed by atoms with Crippen LogP contribution in [0.15, 0.2) is 36.4 Å². The molecule has 0 aliphatic rings. The highest BCUT2D eigenvalue weighted by atomic mass is 28.3. The lowest BCUT2D eigenvalue weighted by Crippen LogP contribution is -2.16. The van der Waals surface area contributed by atoms with Crippen LogP contribution in [0.25, 0.3) is 10.9 Å². The van der Waals surface area contributed by atoms with Gasteiger partial charge in [0.05, 0.1) is 5.52 Å². The second kappa shape index (κ2) is 4.11. The molecular weight excluding hydrogens is 210 g/mol. The molecule has 1 nitrogen and oxygen atoms in total. The van der Waals surface area contributed by atoms with Crippen LogP contribution >= 0.6 is 0 Å². The van der Waals surface area contributed by atoms with E-state index in [1.165, 1.54) is 5.39 Å². The molecule has 0 aliphatic heterocycles. The molecule has 0 unspecified atom stereocenters. The minimum absolute atomic E-state index is 0.876. The van der Waals surface area contributed by atoms with Crippen LogP contribution in [-0.2, 0) is 0 Å². The minimum atomic E-state index is -1.31. The summed E-state index contributed by atoms with van der Waals surface area (Å²) in [7, 11) is -1.31. The Kier molecular flexibility index (Phi) is 2.80. The van der Waals surface area contributed by atoms with E-state index in [1.807, 2.05) is 24.3 Å². The van der Waals surface area contributed by atoms with Crippen LogP contribution in [0.4, 0.5) is 0 Å². The zero-order valence-corrected chi connectivity index (χ0v) is 10.9. The number of para-hydroxylation sites is 1. The summed E-state index contributed by atoms with van der Waals surface area (Å²) in [4.78, 5) is 4.53. The molecule has 80 valence electrons. The van der Waals surface area contributed by atoms with Gasteiger partial charge in [-0.2, -0.15) is 0 Å². The van der Waals surface area contributed by atoms with Crippen molar-refractivity contribution in [3.8, 4) is 11.5 Å². The number of fused-ring (bicyclic) bond motifs is 1. The molecule has 0 bridgehead atoms. The van der Waals surface area contributed by atoms with Crippen LogP contribution in [0.2, 0.25) is 19.6 Å². The van der Waals surface area contributed by atoms with Gasteiger partial charge in [-0.1, -0.05) is 49.8 Å². The van der Waals surface area contributed by atoms with Gasteiger partial charge in [-0.05, 0) is 12.1 Å². The highest BCUT2D eigenvalue weighted by molar-refractivity contribution is 6.83.